The number of hydrogen-bond donors (Lipinski definition) is 0. The lowest BCUT2D eigenvalue weighted by Gasteiger charge is -2.38. The molecule has 0 bridgehead atoms. The molecule has 0 saturated carbocycles. The first-order valence-corrected chi connectivity index (χ1v) is 11.5. The van der Waals surface area contributed by atoms with Crippen LogP contribution in [0.4, 0.5) is 14.5 Å². The Labute approximate surface area is 197 Å². The molecule has 0 aliphatic carbocycles. The highest BCUT2D eigenvalue weighted by atomic mass is 19.3. The lowest BCUT2D eigenvalue weighted by Crippen LogP contribution is -2.48. The molecule has 2 saturated heterocycles. The van der Waals surface area contributed by atoms with Crippen LogP contribution in [-0.2, 0) is 32.7 Å². The van der Waals surface area contributed by atoms with Crippen molar-refractivity contribution in [1.82, 2.24) is 19.7 Å². The van der Waals surface area contributed by atoms with E-state index in [0.29, 0.717) is 37.0 Å². The molecule has 0 spiro atoms. The van der Waals surface area contributed by atoms with Crippen LogP contribution >= 0.6 is 0 Å². The van der Waals surface area contributed by atoms with Gasteiger partial charge < -0.3 is 19.1 Å². The van der Waals surface area contributed by atoms with Gasteiger partial charge in [0.1, 0.15) is 0 Å². The molecule has 0 radical (unpaired) electrons. The molecular weight excluding hydrogens is 448 g/mol. The molecule has 34 heavy (non-hydrogen) atoms. The van der Waals surface area contributed by atoms with Crippen LogP contribution in [0.15, 0.2) is 12.4 Å². The molecule has 2 aromatic rings. The number of esters is 1. The smallest absolute Gasteiger partial charge is 0.305 e. The van der Waals surface area contributed by atoms with Crippen LogP contribution < -0.4 is 4.90 Å². The molecule has 0 amide bonds. The minimum absolute atomic E-state index is 0.0513. The number of aromatic nitrogens is 4. The van der Waals surface area contributed by atoms with Crippen LogP contribution in [0.25, 0.3) is 11.4 Å². The Morgan fingerprint density at radius 3 is 2.85 bits per heavy atom. The van der Waals surface area contributed by atoms with Crippen molar-refractivity contribution in [2.75, 3.05) is 31.7 Å². The molecule has 0 aromatic carbocycles. The van der Waals surface area contributed by atoms with Crippen LogP contribution in [0.3, 0.4) is 0 Å². The van der Waals surface area contributed by atoms with Crippen molar-refractivity contribution in [3.63, 3.8) is 0 Å². The van der Waals surface area contributed by atoms with Crippen LogP contribution in [0, 0.1) is 12.8 Å². The third-order valence-electron chi connectivity index (χ3n) is 6.31. The third kappa shape index (κ3) is 5.69. The number of halogens is 2. The second-order valence-corrected chi connectivity index (χ2v) is 8.99. The zero-order valence-corrected chi connectivity index (χ0v) is 19.8. The Kier molecular flexibility index (Phi) is 7.42. The van der Waals surface area contributed by atoms with E-state index in [-0.39, 0.29) is 19.1 Å². The van der Waals surface area contributed by atoms with Crippen molar-refractivity contribution in [2.45, 2.75) is 57.8 Å². The van der Waals surface area contributed by atoms with E-state index in [0.717, 1.165) is 30.5 Å². The van der Waals surface area contributed by atoms with E-state index in [1.807, 2.05) is 7.05 Å². The molecule has 2 atom stereocenters. The summed E-state index contributed by atoms with van der Waals surface area (Å²) in [5, 5.41) is 4.33. The third-order valence-corrected chi connectivity index (χ3v) is 6.31. The maximum absolute atomic E-state index is 14.4. The Morgan fingerprint density at radius 1 is 1.32 bits per heavy atom. The number of alkyl halides is 2. The molecule has 2 aliphatic heterocycles. The predicted octanol–water partition coefficient (Wildman–Crippen LogP) is 3.25. The van der Waals surface area contributed by atoms with E-state index in [4.69, 9.17) is 9.47 Å². The summed E-state index contributed by atoms with van der Waals surface area (Å²) in [6.07, 6.45) is 5.58. The van der Waals surface area contributed by atoms with Crippen molar-refractivity contribution in [2.24, 2.45) is 13.0 Å². The fourth-order valence-electron chi connectivity index (χ4n) is 4.58. The van der Waals surface area contributed by atoms with Crippen molar-refractivity contribution in [1.29, 1.82) is 0 Å². The molecule has 2 aromatic heterocycles. The first-order chi connectivity index (χ1) is 16.3. The summed E-state index contributed by atoms with van der Waals surface area (Å²) in [6.45, 7) is 2.63. The van der Waals surface area contributed by atoms with Gasteiger partial charge in [0.15, 0.2) is 12.1 Å². The van der Waals surface area contributed by atoms with E-state index < -0.39 is 24.4 Å². The van der Waals surface area contributed by atoms with Crippen molar-refractivity contribution >= 4 is 11.7 Å². The van der Waals surface area contributed by atoms with Gasteiger partial charge in [-0.3, -0.25) is 9.48 Å². The fraction of sp³-hybridized carbons (Fsp3) is 0.652. The molecule has 4 rings (SSSR count). The maximum Gasteiger partial charge on any atom is 0.305 e. The monoisotopic (exact) mass is 479 g/mol. The van der Waals surface area contributed by atoms with Crippen LogP contribution in [0.5, 0.6) is 0 Å². The highest BCUT2D eigenvalue weighted by Gasteiger charge is 2.41. The fourth-order valence-corrected chi connectivity index (χ4v) is 4.58. The van der Waals surface area contributed by atoms with Crippen molar-refractivity contribution in [3.8, 4) is 11.4 Å². The van der Waals surface area contributed by atoms with Crippen LogP contribution in [0.1, 0.15) is 43.5 Å². The highest BCUT2D eigenvalue weighted by molar-refractivity contribution is 5.69. The number of anilines is 1. The van der Waals surface area contributed by atoms with Crippen LogP contribution in [0.2, 0.25) is 0 Å². The Morgan fingerprint density at radius 2 is 2.15 bits per heavy atom. The summed E-state index contributed by atoms with van der Waals surface area (Å²) < 4.78 is 46.8. The number of piperidine rings is 1. The number of aryl methyl sites for hydroxylation is 2. The van der Waals surface area contributed by atoms with E-state index in [1.165, 1.54) is 7.11 Å². The van der Waals surface area contributed by atoms with E-state index in [2.05, 4.69) is 19.8 Å². The summed E-state index contributed by atoms with van der Waals surface area (Å²) in [5.74, 6) is -3.47. The lowest BCUT2D eigenvalue weighted by molar-refractivity contribution is -0.169. The van der Waals surface area contributed by atoms with E-state index in [1.54, 1.807) is 28.9 Å². The summed E-state index contributed by atoms with van der Waals surface area (Å²) in [6, 6.07) is 0. The number of hydrogen-bond acceptors (Lipinski definition) is 8. The van der Waals surface area contributed by atoms with Crippen LogP contribution in [-0.4, -0.2) is 64.7 Å². The standard InChI is InChI=1S/C23H31F2N5O4/c1-15-18(30-12-16(8-20(31)32-3)9-23(24,25)14-30)11-26-22(28-15)17-10-27-29(2)19(17)13-34-21-6-4-5-7-33-21/h10-11,16,21H,4-9,12-14H2,1-3H3/t16-,21?/m0/s1. The van der Waals surface area contributed by atoms with E-state index in [9.17, 15) is 13.6 Å². The number of carbonyl (C=O) groups is 1. The zero-order valence-electron chi connectivity index (χ0n) is 19.8. The highest BCUT2D eigenvalue weighted by Crippen LogP contribution is 2.36. The van der Waals surface area contributed by atoms with Gasteiger partial charge in [0.25, 0.3) is 5.92 Å². The molecule has 2 fully saturated rings. The molecule has 2 aliphatic rings. The number of rotatable bonds is 7. The predicted molar refractivity (Wildman–Crippen MR) is 119 cm³/mol. The van der Waals surface area contributed by atoms with Gasteiger partial charge in [-0.25, -0.2) is 18.7 Å². The first kappa shape index (κ1) is 24.5. The van der Waals surface area contributed by atoms with Gasteiger partial charge in [0, 0.05) is 26.6 Å². The quantitative estimate of drug-likeness (QED) is 0.559. The molecule has 1 unspecified atom stereocenters. The number of ether oxygens (including phenoxy) is 3. The second kappa shape index (κ2) is 10.3. The number of methoxy groups -OCH3 is 1. The van der Waals surface area contributed by atoms with E-state index >= 15 is 0 Å². The van der Waals surface area contributed by atoms with Gasteiger partial charge >= 0.3 is 5.97 Å². The molecular formula is C23H31F2N5O4. The normalized spacial score (nSPS) is 22.6. The average molecular weight is 480 g/mol. The van der Waals surface area contributed by atoms with Gasteiger partial charge in [-0.15, -0.1) is 0 Å². The topological polar surface area (TPSA) is 91.6 Å². The maximum atomic E-state index is 14.4. The lowest BCUT2D eigenvalue weighted by atomic mass is 9.92. The van der Waals surface area contributed by atoms with Gasteiger partial charge in [0.2, 0.25) is 0 Å². The molecule has 0 N–H and O–H groups in total. The zero-order chi connectivity index (χ0) is 24.3. The minimum Gasteiger partial charge on any atom is -0.469 e. The van der Waals surface area contributed by atoms with Gasteiger partial charge in [-0.1, -0.05) is 0 Å². The largest absolute Gasteiger partial charge is 0.469 e. The molecule has 11 heteroatoms. The summed E-state index contributed by atoms with van der Waals surface area (Å²) >= 11 is 0. The summed E-state index contributed by atoms with van der Waals surface area (Å²) in [4.78, 5) is 22.3. The minimum atomic E-state index is -2.92. The van der Waals surface area contributed by atoms with Gasteiger partial charge in [0.05, 0.1) is 61.7 Å². The number of carbonyl (C=O) groups excluding carboxylic acids is 1. The Bertz CT molecular complexity index is 1010. The summed E-state index contributed by atoms with van der Waals surface area (Å²) in [7, 11) is 3.08. The Balaban J connectivity index is 1.51. The average Bonchev–Trinajstić information content (AvgIpc) is 3.17. The van der Waals surface area contributed by atoms with Crippen molar-refractivity contribution in [3.05, 3.63) is 23.8 Å². The summed E-state index contributed by atoms with van der Waals surface area (Å²) in [5.41, 5.74) is 2.63. The Hall–Kier alpha value is -2.66. The molecule has 9 nitrogen and oxygen atoms in total. The molecule has 186 valence electrons. The number of nitrogens with zero attached hydrogens (tertiary/aromatic N) is 5. The van der Waals surface area contributed by atoms with Gasteiger partial charge in [-0.2, -0.15) is 5.10 Å². The van der Waals surface area contributed by atoms with Crippen molar-refractivity contribution < 1.29 is 27.8 Å². The SMILES string of the molecule is COC(=O)C[C@@H]1CN(c2cnc(-c3cnn(C)c3COC3CCCCO3)nc2C)CC(F)(F)C1. The first-order valence-electron chi connectivity index (χ1n) is 11.5. The molecule has 4 heterocycles. The van der Waals surface area contributed by atoms with Gasteiger partial charge in [-0.05, 0) is 32.1 Å². The second-order valence-electron chi connectivity index (χ2n) is 8.99.